The van der Waals surface area contributed by atoms with Crippen LogP contribution in [0.4, 0.5) is 0 Å². The van der Waals surface area contributed by atoms with Gasteiger partial charge < -0.3 is 0 Å². The van der Waals surface area contributed by atoms with E-state index in [1.165, 1.54) is 231 Å². The molecule has 0 saturated carbocycles. The minimum atomic E-state index is 0.905. The van der Waals surface area contributed by atoms with Gasteiger partial charge in [-0.2, -0.15) is 0 Å². The summed E-state index contributed by atoms with van der Waals surface area (Å²) in [5, 5.41) is 0. The molecule has 0 aliphatic carbocycles. The monoisotopic (exact) mass is 576 g/mol. The summed E-state index contributed by atoms with van der Waals surface area (Å²) in [4.78, 5) is 0. The van der Waals surface area contributed by atoms with Crippen LogP contribution < -0.4 is 0 Å². The average Bonchev–Trinajstić information content (AvgIpc) is 2.99. The van der Waals surface area contributed by atoms with Gasteiger partial charge in [0.15, 0.2) is 0 Å². The second-order valence-electron chi connectivity index (χ2n) is 14.0. The lowest BCUT2D eigenvalue weighted by atomic mass is 9.92. The lowest BCUT2D eigenvalue weighted by Gasteiger charge is -2.14. The largest absolute Gasteiger partial charge is 0.0654 e. The summed E-state index contributed by atoms with van der Waals surface area (Å²) in [6, 6.07) is 0. The Balaban J connectivity index is 3.24. The highest BCUT2D eigenvalue weighted by Crippen LogP contribution is 2.22. The topological polar surface area (TPSA) is 0 Å². The molecule has 0 spiro atoms. The number of hydrogen-bond donors (Lipinski definition) is 0. The van der Waals surface area contributed by atoms with E-state index in [0.29, 0.717) is 0 Å². The van der Waals surface area contributed by atoms with Crippen LogP contribution in [0.5, 0.6) is 0 Å². The highest BCUT2D eigenvalue weighted by Gasteiger charge is 2.06. The molecule has 0 aromatic carbocycles. The predicted octanol–water partition coefficient (Wildman–Crippen LogP) is 15.9. The van der Waals surface area contributed by atoms with E-state index in [1.54, 1.807) is 0 Å². The van der Waals surface area contributed by atoms with Crippen LogP contribution in [0.3, 0.4) is 0 Å². The van der Waals surface area contributed by atoms with Gasteiger partial charge in [-0.25, -0.2) is 0 Å². The van der Waals surface area contributed by atoms with Crippen LogP contribution in [0.2, 0.25) is 0 Å². The van der Waals surface area contributed by atoms with Crippen LogP contribution in [0, 0.1) is 12.8 Å². The number of unbranched alkanes of at least 4 members (excludes halogenated alkanes) is 32. The van der Waals surface area contributed by atoms with Crippen LogP contribution in [-0.2, 0) is 0 Å². The molecule has 0 N–H and O–H groups in total. The van der Waals surface area contributed by atoms with Gasteiger partial charge in [0, 0.05) is 0 Å². The first-order valence-corrected chi connectivity index (χ1v) is 20.1. The van der Waals surface area contributed by atoms with Crippen molar-refractivity contribution in [2.75, 3.05) is 0 Å². The molecular weight excluding hydrogens is 492 g/mol. The molecule has 0 bridgehead atoms. The summed E-state index contributed by atoms with van der Waals surface area (Å²) >= 11 is 0. The zero-order valence-electron chi connectivity index (χ0n) is 29.4. The molecule has 41 heavy (non-hydrogen) atoms. The molecule has 0 rings (SSSR count). The summed E-state index contributed by atoms with van der Waals surface area (Å²) < 4.78 is 0. The Morgan fingerprint density at radius 2 is 0.439 bits per heavy atom. The lowest BCUT2D eigenvalue weighted by Crippen LogP contribution is -1.99. The molecule has 0 aliphatic rings. The lowest BCUT2D eigenvalue weighted by molar-refractivity contribution is 0.404. The maximum Gasteiger partial charge on any atom is -0.0414 e. The third-order valence-corrected chi connectivity index (χ3v) is 9.84. The van der Waals surface area contributed by atoms with Gasteiger partial charge >= 0.3 is 0 Å². The minimum Gasteiger partial charge on any atom is -0.0654 e. The summed E-state index contributed by atoms with van der Waals surface area (Å²) in [7, 11) is 0. The van der Waals surface area contributed by atoms with Gasteiger partial charge in [0.1, 0.15) is 0 Å². The molecular formula is C41H83. The summed E-state index contributed by atoms with van der Waals surface area (Å²) in [6.07, 6.45) is 54.0. The van der Waals surface area contributed by atoms with E-state index < -0.39 is 0 Å². The average molecular weight is 576 g/mol. The molecule has 0 heterocycles. The number of rotatable bonds is 37. The molecule has 0 nitrogen and oxygen atoms in total. The van der Waals surface area contributed by atoms with E-state index >= 15 is 0 Å². The van der Waals surface area contributed by atoms with Crippen LogP contribution in [-0.4, -0.2) is 0 Å². The Hall–Kier alpha value is 0. The molecule has 0 amide bonds. The van der Waals surface area contributed by atoms with Crippen LogP contribution in [0.15, 0.2) is 0 Å². The summed E-state index contributed by atoms with van der Waals surface area (Å²) in [6.45, 7) is 8.89. The van der Waals surface area contributed by atoms with Gasteiger partial charge in [0.2, 0.25) is 0 Å². The second kappa shape index (κ2) is 38.0. The number of hydrogen-bond acceptors (Lipinski definition) is 0. The Kier molecular flexibility index (Phi) is 38.0. The Bertz CT molecular complexity index is 426. The summed E-state index contributed by atoms with van der Waals surface area (Å²) in [5.74, 6) is 0.905. The van der Waals surface area contributed by atoms with Crippen molar-refractivity contribution in [1.29, 1.82) is 0 Å². The molecule has 247 valence electrons. The van der Waals surface area contributed by atoms with Crippen LogP contribution in [0.25, 0.3) is 0 Å². The zero-order chi connectivity index (χ0) is 29.7. The fourth-order valence-corrected chi connectivity index (χ4v) is 6.75. The van der Waals surface area contributed by atoms with Gasteiger partial charge in [0.25, 0.3) is 0 Å². The molecule has 0 aliphatic heterocycles. The molecule has 0 fully saturated rings. The van der Waals surface area contributed by atoms with Crippen molar-refractivity contribution in [2.45, 2.75) is 251 Å². The van der Waals surface area contributed by atoms with Crippen molar-refractivity contribution in [2.24, 2.45) is 5.92 Å². The maximum absolute atomic E-state index is 4.28. The first-order chi connectivity index (χ1) is 20.3. The maximum atomic E-state index is 4.28. The molecule has 1 atom stereocenters. The zero-order valence-corrected chi connectivity index (χ0v) is 29.4. The first kappa shape index (κ1) is 41.0. The standard InChI is InChI=1S/C41H83/c1-4-7-9-11-13-15-17-19-21-22-23-24-26-28-30-32-34-36-38-40-41(6-3)39-37-35-33-31-29-27-25-20-18-16-14-12-10-8-5-2/h41H,3-40H2,1-2H3. The highest BCUT2D eigenvalue weighted by atomic mass is 14.1. The smallest absolute Gasteiger partial charge is 0.0414 e. The molecule has 0 aromatic rings. The quantitative estimate of drug-likeness (QED) is 0.0646. The van der Waals surface area contributed by atoms with Gasteiger partial charge in [-0.3, -0.25) is 0 Å². The van der Waals surface area contributed by atoms with E-state index in [0.717, 1.165) is 12.3 Å². The molecule has 0 heteroatoms. The van der Waals surface area contributed by atoms with Gasteiger partial charge in [-0.1, -0.05) is 258 Å². The van der Waals surface area contributed by atoms with Crippen molar-refractivity contribution in [3.05, 3.63) is 6.92 Å². The van der Waals surface area contributed by atoms with Crippen molar-refractivity contribution < 1.29 is 0 Å². The Morgan fingerprint density at radius 3 is 0.610 bits per heavy atom. The summed E-state index contributed by atoms with van der Waals surface area (Å²) in [5.41, 5.74) is 0. The SMILES string of the molecule is [CH2]CC(CCCCCCCCCCCCCCCCC)CCCCCCCCCCCCCCCCCCCCC. The highest BCUT2D eigenvalue weighted by molar-refractivity contribution is 4.62. The van der Waals surface area contributed by atoms with Crippen molar-refractivity contribution in [1.82, 2.24) is 0 Å². The van der Waals surface area contributed by atoms with E-state index in [4.69, 9.17) is 0 Å². The molecule has 1 radical (unpaired) electrons. The fourth-order valence-electron chi connectivity index (χ4n) is 6.75. The van der Waals surface area contributed by atoms with Gasteiger partial charge in [-0.15, -0.1) is 0 Å². The van der Waals surface area contributed by atoms with E-state index in [-0.39, 0.29) is 0 Å². The Morgan fingerprint density at radius 1 is 0.268 bits per heavy atom. The molecule has 0 aromatic heterocycles. The fraction of sp³-hybridized carbons (Fsp3) is 0.976. The van der Waals surface area contributed by atoms with E-state index in [2.05, 4.69) is 20.8 Å². The van der Waals surface area contributed by atoms with E-state index in [1.807, 2.05) is 0 Å². The van der Waals surface area contributed by atoms with Crippen molar-refractivity contribution >= 4 is 0 Å². The minimum absolute atomic E-state index is 0.905. The van der Waals surface area contributed by atoms with Crippen molar-refractivity contribution in [3.8, 4) is 0 Å². The third-order valence-electron chi connectivity index (χ3n) is 9.84. The van der Waals surface area contributed by atoms with Crippen molar-refractivity contribution in [3.63, 3.8) is 0 Å². The second-order valence-corrected chi connectivity index (χ2v) is 14.0. The van der Waals surface area contributed by atoms with Gasteiger partial charge in [0.05, 0.1) is 0 Å². The first-order valence-electron chi connectivity index (χ1n) is 20.1. The molecule has 1 unspecified atom stereocenters. The normalized spacial score (nSPS) is 12.4. The van der Waals surface area contributed by atoms with Crippen LogP contribution in [0.1, 0.15) is 251 Å². The van der Waals surface area contributed by atoms with E-state index in [9.17, 15) is 0 Å². The van der Waals surface area contributed by atoms with Gasteiger partial charge in [-0.05, 0) is 5.92 Å². The Labute approximate surface area is 263 Å². The predicted molar refractivity (Wildman–Crippen MR) is 191 cm³/mol. The third kappa shape index (κ3) is 36.1. The van der Waals surface area contributed by atoms with Crippen LogP contribution >= 0.6 is 0 Å². The molecule has 0 saturated heterocycles.